The Labute approximate surface area is 101 Å². The summed E-state index contributed by atoms with van der Waals surface area (Å²) >= 11 is 0. The first-order valence-electron chi connectivity index (χ1n) is 7.22. The molecule has 0 bridgehead atoms. The first-order chi connectivity index (χ1) is 7.76. The number of likely N-dealkylation sites (tertiary alicyclic amines) is 1. The SMILES string of the molecule is CCC1CCC(N2CCC(C)C2CN)CC1. The van der Waals surface area contributed by atoms with E-state index >= 15 is 0 Å². The van der Waals surface area contributed by atoms with E-state index in [4.69, 9.17) is 5.73 Å². The van der Waals surface area contributed by atoms with Crippen LogP contribution in [0.4, 0.5) is 0 Å². The van der Waals surface area contributed by atoms with Gasteiger partial charge in [-0.05, 0) is 50.5 Å². The van der Waals surface area contributed by atoms with Crippen LogP contribution in [0.3, 0.4) is 0 Å². The predicted molar refractivity (Wildman–Crippen MR) is 69.4 cm³/mol. The molecular weight excluding hydrogens is 196 g/mol. The third-order valence-electron chi connectivity index (χ3n) is 5.03. The van der Waals surface area contributed by atoms with Crippen molar-refractivity contribution in [1.29, 1.82) is 0 Å². The van der Waals surface area contributed by atoms with Gasteiger partial charge >= 0.3 is 0 Å². The van der Waals surface area contributed by atoms with Crippen molar-refractivity contribution < 1.29 is 0 Å². The van der Waals surface area contributed by atoms with E-state index in [-0.39, 0.29) is 0 Å². The quantitative estimate of drug-likeness (QED) is 0.798. The lowest BCUT2D eigenvalue weighted by molar-refractivity contribution is 0.116. The first-order valence-corrected chi connectivity index (χ1v) is 7.22. The Bertz CT molecular complexity index is 209. The zero-order chi connectivity index (χ0) is 11.5. The summed E-state index contributed by atoms with van der Waals surface area (Å²) in [4.78, 5) is 2.73. The van der Waals surface area contributed by atoms with E-state index in [0.717, 1.165) is 24.4 Å². The van der Waals surface area contributed by atoms with Gasteiger partial charge < -0.3 is 5.73 Å². The summed E-state index contributed by atoms with van der Waals surface area (Å²) < 4.78 is 0. The van der Waals surface area contributed by atoms with Crippen LogP contribution in [0.15, 0.2) is 0 Å². The molecular formula is C14H28N2. The minimum atomic E-state index is 0.670. The third kappa shape index (κ3) is 2.43. The molecule has 0 spiro atoms. The van der Waals surface area contributed by atoms with Crippen LogP contribution < -0.4 is 5.73 Å². The minimum absolute atomic E-state index is 0.670. The van der Waals surface area contributed by atoms with Crippen LogP contribution in [0.5, 0.6) is 0 Å². The van der Waals surface area contributed by atoms with Crippen LogP contribution in [0.1, 0.15) is 52.4 Å². The van der Waals surface area contributed by atoms with Crippen LogP contribution in [0.25, 0.3) is 0 Å². The van der Waals surface area contributed by atoms with E-state index in [1.54, 1.807) is 0 Å². The molecule has 16 heavy (non-hydrogen) atoms. The van der Waals surface area contributed by atoms with Gasteiger partial charge in [-0.25, -0.2) is 0 Å². The molecule has 2 heteroatoms. The highest BCUT2D eigenvalue weighted by Crippen LogP contribution is 2.34. The van der Waals surface area contributed by atoms with E-state index in [1.807, 2.05) is 0 Å². The van der Waals surface area contributed by atoms with E-state index in [2.05, 4.69) is 18.7 Å². The van der Waals surface area contributed by atoms with Gasteiger partial charge in [0, 0.05) is 18.6 Å². The monoisotopic (exact) mass is 224 g/mol. The van der Waals surface area contributed by atoms with Crippen molar-refractivity contribution in [3.63, 3.8) is 0 Å². The van der Waals surface area contributed by atoms with Crippen molar-refractivity contribution in [3.8, 4) is 0 Å². The Morgan fingerprint density at radius 3 is 2.38 bits per heavy atom. The van der Waals surface area contributed by atoms with E-state index in [9.17, 15) is 0 Å². The summed E-state index contributed by atoms with van der Waals surface area (Å²) in [6.45, 7) is 6.86. The molecule has 0 aromatic heterocycles. The summed E-state index contributed by atoms with van der Waals surface area (Å²) in [5.41, 5.74) is 5.93. The van der Waals surface area contributed by atoms with Crippen LogP contribution in [-0.4, -0.2) is 30.1 Å². The van der Waals surface area contributed by atoms with Gasteiger partial charge in [0.2, 0.25) is 0 Å². The smallest absolute Gasteiger partial charge is 0.0247 e. The van der Waals surface area contributed by atoms with Crippen LogP contribution in [0.2, 0.25) is 0 Å². The van der Waals surface area contributed by atoms with E-state index in [0.29, 0.717) is 6.04 Å². The molecule has 0 radical (unpaired) electrons. The van der Waals surface area contributed by atoms with Crippen LogP contribution in [0, 0.1) is 11.8 Å². The molecule has 2 nitrogen and oxygen atoms in total. The summed E-state index contributed by atoms with van der Waals surface area (Å²) in [7, 11) is 0. The zero-order valence-electron chi connectivity index (χ0n) is 11.0. The number of hydrogen-bond acceptors (Lipinski definition) is 2. The molecule has 1 heterocycles. The highest BCUT2D eigenvalue weighted by atomic mass is 15.2. The minimum Gasteiger partial charge on any atom is -0.329 e. The number of hydrogen-bond donors (Lipinski definition) is 1. The Morgan fingerprint density at radius 2 is 1.81 bits per heavy atom. The highest BCUT2D eigenvalue weighted by molar-refractivity contribution is 4.91. The summed E-state index contributed by atoms with van der Waals surface area (Å²) in [6.07, 6.45) is 8.47. The van der Waals surface area contributed by atoms with Crippen molar-refractivity contribution in [2.45, 2.75) is 64.5 Å². The van der Waals surface area contributed by atoms with Crippen molar-refractivity contribution in [2.75, 3.05) is 13.1 Å². The highest BCUT2D eigenvalue weighted by Gasteiger charge is 2.35. The topological polar surface area (TPSA) is 29.3 Å². The summed E-state index contributed by atoms with van der Waals surface area (Å²) in [6, 6.07) is 1.52. The van der Waals surface area contributed by atoms with Crippen LogP contribution in [-0.2, 0) is 0 Å². The average Bonchev–Trinajstić information content (AvgIpc) is 2.70. The van der Waals surface area contributed by atoms with Crippen molar-refractivity contribution >= 4 is 0 Å². The molecule has 2 atom stereocenters. The molecule has 2 rings (SSSR count). The van der Waals surface area contributed by atoms with Gasteiger partial charge in [0.1, 0.15) is 0 Å². The first kappa shape index (κ1) is 12.4. The maximum atomic E-state index is 5.93. The van der Waals surface area contributed by atoms with Crippen molar-refractivity contribution in [1.82, 2.24) is 4.90 Å². The standard InChI is InChI=1S/C14H28N2/c1-3-12-4-6-13(7-5-12)16-9-8-11(2)14(16)10-15/h11-14H,3-10,15H2,1-2H3. The lowest BCUT2D eigenvalue weighted by Gasteiger charge is -2.38. The normalized spacial score (nSPS) is 41.4. The molecule has 0 aromatic rings. The van der Waals surface area contributed by atoms with Crippen molar-refractivity contribution in [3.05, 3.63) is 0 Å². The predicted octanol–water partition coefficient (Wildman–Crippen LogP) is 2.62. The molecule has 0 aromatic carbocycles. The fourth-order valence-corrected chi connectivity index (χ4v) is 3.74. The fraction of sp³-hybridized carbons (Fsp3) is 1.00. The Hall–Kier alpha value is -0.0800. The summed E-state index contributed by atoms with van der Waals surface area (Å²) in [5.74, 6) is 1.82. The second kappa shape index (κ2) is 5.50. The van der Waals surface area contributed by atoms with E-state index < -0.39 is 0 Å². The molecule has 94 valence electrons. The van der Waals surface area contributed by atoms with Gasteiger partial charge in [-0.15, -0.1) is 0 Å². The number of nitrogens with zero attached hydrogens (tertiary/aromatic N) is 1. The average molecular weight is 224 g/mol. The maximum absolute atomic E-state index is 5.93. The lowest BCUT2D eigenvalue weighted by Crippen LogP contribution is -2.46. The zero-order valence-corrected chi connectivity index (χ0v) is 11.0. The van der Waals surface area contributed by atoms with Gasteiger partial charge in [0.05, 0.1) is 0 Å². The van der Waals surface area contributed by atoms with Gasteiger partial charge in [-0.2, -0.15) is 0 Å². The molecule has 1 aliphatic heterocycles. The van der Waals surface area contributed by atoms with Gasteiger partial charge in [-0.1, -0.05) is 20.3 Å². The Kier molecular flexibility index (Phi) is 4.26. The van der Waals surface area contributed by atoms with Gasteiger partial charge in [0.15, 0.2) is 0 Å². The maximum Gasteiger partial charge on any atom is 0.0247 e. The third-order valence-corrected chi connectivity index (χ3v) is 5.03. The van der Waals surface area contributed by atoms with Crippen molar-refractivity contribution in [2.24, 2.45) is 17.6 Å². The lowest BCUT2D eigenvalue weighted by atomic mass is 9.83. The van der Waals surface area contributed by atoms with Crippen LogP contribution >= 0.6 is 0 Å². The second-order valence-corrected chi connectivity index (χ2v) is 5.89. The summed E-state index contributed by atoms with van der Waals surface area (Å²) in [5, 5.41) is 0. The Morgan fingerprint density at radius 1 is 1.12 bits per heavy atom. The molecule has 0 amide bonds. The second-order valence-electron chi connectivity index (χ2n) is 5.89. The fourth-order valence-electron chi connectivity index (χ4n) is 3.74. The number of rotatable bonds is 3. The molecule has 1 saturated carbocycles. The molecule has 2 fully saturated rings. The molecule has 2 N–H and O–H groups in total. The number of nitrogens with two attached hydrogens (primary N) is 1. The molecule has 1 saturated heterocycles. The molecule has 2 unspecified atom stereocenters. The van der Waals surface area contributed by atoms with E-state index in [1.165, 1.54) is 45.1 Å². The largest absolute Gasteiger partial charge is 0.329 e. The van der Waals surface area contributed by atoms with Gasteiger partial charge in [-0.3, -0.25) is 4.90 Å². The van der Waals surface area contributed by atoms with Gasteiger partial charge in [0.25, 0.3) is 0 Å². The Balaban J connectivity index is 1.88. The molecule has 2 aliphatic rings. The molecule has 1 aliphatic carbocycles.